The minimum absolute atomic E-state index is 0. The topological polar surface area (TPSA) is 53.9 Å². The van der Waals surface area contributed by atoms with Crippen molar-refractivity contribution in [3.05, 3.63) is 53.2 Å². The number of aromatic nitrogens is 3. The molecule has 0 aliphatic carbocycles. The molecule has 23 heavy (non-hydrogen) atoms. The van der Waals surface area contributed by atoms with Gasteiger partial charge in [0.1, 0.15) is 0 Å². The summed E-state index contributed by atoms with van der Waals surface area (Å²) < 4.78 is 25.0. The number of hydrogen-bond acceptors (Lipinski definition) is 2. The van der Waals surface area contributed by atoms with Gasteiger partial charge in [0.2, 0.25) is 0 Å². The summed E-state index contributed by atoms with van der Waals surface area (Å²) in [6, 6.07) is 7.20. The van der Waals surface area contributed by atoms with Crippen molar-refractivity contribution in [3.8, 4) is 0 Å². The number of aromatic amines is 1. The number of imidazole rings is 1. The summed E-state index contributed by atoms with van der Waals surface area (Å²) in [7, 11) is 0. The molecule has 2 aromatic heterocycles. The predicted octanol–water partition coefficient (Wildman–Crippen LogP) is 2.83. The van der Waals surface area contributed by atoms with Crippen LogP contribution in [0.15, 0.2) is 30.6 Å². The number of nitrogens with zero attached hydrogens (tertiary/aromatic N) is 3. The first-order valence-electron chi connectivity index (χ1n) is 8.79. The van der Waals surface area contributed by atoms with Crippen molar-refractivity contribution in [3.63, 3.8) is 0 Å². The Morgan fingerprint density at radius 1 is 1.39 bits per heavy atom. The van der Waals surface area contributed by atoms with Crippen molar-refractivity contribution < 1.29 is 8.91 Å². The van der Waals surface area contributed by atoms with Gasteiger partial charge >= 0.3 is 0 Å². The third-order valence-corrected chi connectivity index (χ3v) is 4.37. The fourth-order valence-electron chi connectivity index (χ4n) is 3.15. The Kier molecular flexibility index (Phi) is 3.04. The number of carbonyl (C=O) groups excluding carboxylic acids is 1. The molecule has 0 bridgehead atoms. The molecule has 0 unspecified atom stereocenters. The van der Waals surface area contributed by atoms with Crippen LogP contribution in [0.25, 0.3) is 10.9 Å². The van der Waals surface area contributed by atoms with Crippen LogP contribution in [-0.2, 0) is 19.9 Å². The third kappa shape index (κ3) is 2.32. The Morgan fingerprint density at radius 3 is 2.96 bits per heavy atom. The Morgan fingerprint density at radius 2 is 2.22 bits per heavy atom. The van der Waals surface area contributed by atoms with Gasteiger partial charge in [-0.1, -0.05) is 18.2 Å². The highest BCUT2D eigenvalue weighted by atomic mass is 35.5. The van der Waals surface area contributed by atoms with Gasteiger partial charge in [0.05, 0.1) is 24.1 Å². The van der Waals surface area contributed by atoms with Crippen LogP contribution in [-0.4, -0.2) is 31.9 Å². The minimum Gasteiger partial charge on any atom is -0.348 e. The lowest BCUT2D eigenvalue weighted by Gasteiger charge is -2.27. The van der Waals surface area contributed by atoms with Crippen molar-refractivity contribution in [2.45, 2.75) is 19.9 Å². The standard InChI is InChI=1S/C17H18N4O.ClH/c1-11-13(19-10-18-11)9-21-8-7-15-16(17(21)22)12-5-3-4-6-14(12)20(15)2;/h3-6,10H,7-9H2,1-2H3,(H,18,19);1H/i2+1D3;. The number of H-pyrrole nitrogens is 1. The second kappa shape index (κ2) is 5.74. The van der Waals surface area contributed by atoms with Gasteiger partial charge in [-0.05, 0) is 13.0 Å². The van der Waals surface area contributed by atoms with E-state index in [9.17, 15) is 4.79 Å². The number of hydrogen-bond donors (Lipinski definition) is 1. The van der Waals surface area contributed by atoms with E-state index in [-0.39, 0.29) is 18.3 Å². The summed E-state index contributed by atoms with van der Waals surface area (Å²) in [5.41, 5.74) is 3.45. The molecule has 1 N–H and O–H groups in total. The molecule has 3 aromatic rings. The van der Waals surface area contributed by atoms with Gasteiger partial charge in [-0.2, -0.15) is 0 Å². The van der Waals surface area contributed by atoms with Crippen molar-refractivity contribution in [1.29, 1.82) is 0 Å². The van der Waals surface area contributed by atoms with E-state index in [1.807, 2.05) is 19.1 Å². The number of halogens is 1. The molecule has 0 saturated carbocycles. The van der Waals surface area contributed by atoms with Gasteiger partial charge in [-0.3, -0.25) is 4.79 Å². The second-order valence-electron chi connectivity index (χ2n) is 5.63. The smallest absolute Gasteiger partial charge is 0.256 e. The van der Waals surface area contributed by atoms with Crippen LogP contribution in [0.1, 0.15) is 31.6 Å². The van der Waals surface area contributed by atoms with Crippen molar-refractivity contribution in [2.24, 2.45) is 6.98 Å². The average Bonchev–Trinajstić information content (AvgIpc) is 3.11. The van der Waals surface area contributed by atoms with Crippen LogP contribution >= 0.6 is 12.4 Å². The highest BCUT2D eigenvalue weighted by molar-refractivity contribution is 6.09. The minimum atomic E-state index is -2.31. The molecule has 120 valence electrons. The number of amides is 1. The monoisotopic (exact) mass is 334 g/mol. The van der Waals surface area contributed by atoms with E-state index in [2.05, 4.69) is 9.97 Å². The molecule has 1 aromatic carbocycles. The Bertz CT molecular complexity index is 976. The zero-order valence-electron chi connectivity index (χ0n) is 15.7. The number of rotatable bonds is 2. The zero-order chi connectivity index (χ0) is 17.8. The molecular weight excluding hydrogens is 313 g/mol. The van der Waals surface area contributed by atoms with Crippen molar-refractivity contribution in [2.75, 3.05) is 6.54 Å². The molecule has 6 heteroatoms. The maximum Gasteiger partial charge on any atom is 0.256 e. The van der Waals surface area contributed by atoms with Gasteiger partial charge in [0.25, 0.3) is 5.91 Å². The summed E-state index contributed by atoms with van der Waals surface area (Å²) in [5.74, 6) is -0.136. The van der Waals surface area contributed by atoms with Crippen LogP contribution in [0, 0.1) is 6.92 Å². The molecule has 1 aliphatic rings. The SMILES string of the molecule is Cl.[2H][13C]([2H])([2H])n1c2c(c3ccccc31)C(=O)N(Cc1nc[nH]c1C)CC2. The molecule has 1 aliphatic heterocycles. The van der Waals surface area contributed by atoms with Crippen molar-refractivity contribution in [1.82, 2.24) is 19.4 Å². The molecular formula is C17H19ClN4O. The largest absolute Gasteiger partial charge is 0.348 e. The molecule has 0 radical (unpaired) electrons. The Hall–Kier alpha value is -2.27. The van der Waals surface area contributed by atoms with Gasteiger partial charge in [-0.25, -0.2) is 4.98 Å². The highest BCUT2D eigenvalue weighted by Crippen LogP contribution is 2.30. The first-order chi connectivity index (χ1) is 11.9. The summed E-state index contributed by atoms with van der Waals surface area (Å²) in [5, 5.41) is 0.696. The Labute approximate surface area is 144 Å². The van der Waals surface area contributed by atoms with Crippen LogP contribution in [0.4, 0.5) is 0 Å². The number of fused-ring (bicyclic) bond motifs is 3. The molecule has 3 heterocycles. The summed E-state index contributed by atoms with van der Waals surface area (Å²) >= 11 is 0. The van der Waals surface area contributed by atoms with E-state index in [1.54, 1.807) is 23.4 Å². The fraction of sp³-hybridized carbons (Fsp3) is 0.294. The molecule has 0 atom stereocenters. The molecule has 0 spiro atoms. The van der Waals surface area contributed by atoms with Gasteiger partial charge in [0, 0.05) is 46.3 Å². The molecule has 1 amide bonds. The highest BCUT2D eigenvalue weighted by Gasteiger charge is 2.30. The zero-order valence-corrected chi connectivity index (χ0v) is 13.5. The van der Waals surface area contributed by atoms with Gasteiger partial charge in [-0.15, -0.1) is 12.4 Å². The fourth-order valence-corrected chi connectivity index (χ4v) is 3.15. The summed E-state index contributed by atoms with van der Waals surface area (Å²) in [4.78, 5) is 22.1. The van der Waals surface area contributed by atoms with Crippen LogP contribution < -0.4 is 0 Å². The van der Waals surface area contributed by atoms with E-state index in [4.69, 9.17) is 4.11 Å². The first kappa shape index (κ1) is 12.2. The van der Waals surface area contributed by atoms with E-state index in [1.165, 1.54) is 4.57 Å². The lowest BCUT2D eigenvalue weighted by molar-refractivity contribution is 0.0725. The normalized spacial score (nSPS) is 16.5. The van der Waals surface area contributed by atoms with Crippen LogP contribution in [0.3, 0.4) is 0 Å². The molecule has 0 saturated heterocycles. The Balaban J connectivity index is 0.00000196. The quantitative estimate of drug-likeness (QED) is 0.733. The summed E-state index contributed by atoms with van der Waals surface area (Å²) in [6.07, 6.45) is 2.13. The van der Waals surface area contributed by atoms with Gasteiger partial charge < -0.3 is 14.5 Å². The van der Waals surface area contributed by atoms with E-state index in [0.29, 0.717) is 41.7 Å². The maximum atomic E-state index is 13.1. The maximum absolute atomic E-state index is 13.1. The lowest BCUT2D eigenvalue weighted by Crippen LogP contribution is -2.37. The summed E-state index contributed by atoms with van der Waals surface area (Å²) in [6.45, 7) is 0.503. The average molecular weight is 335 g/mol. The second-order valence-corrected chi connectivity index (χ2v) is 5.63. The number of aryl methyl sites for hydroxylation is 2. The van der Waals surface area contributed by atoms with E-state index < -0.39 is 6.98 Å². The number of benzene rings is 1. The lowest BCUT2D eigenvalue weighted by atomic mass is 10.0. The third-order valence-electron chi connectivity index (χ3n) is 4.37. The van der Waals surface area contributed by atoms with E-state index >= 15 is 0 Å². The number of para-hydroxylation sites is 1. The molecule has 4 rings (SSSR count). The van der Waals surface area contributed by atoms with Gasteiger partial charge in [0.15, 0.2) is 0 Å². The molecule has 5 nitrogen and oxygen atoms in total. The van der Waals surface area contributed by atoms with Crippen LogP contribution in [0.2, 0.25) is 0 Å². The predicted molar refractivity (Wildman–Crippen MR) is 91.9 cm³/mol. The van der Waals surface area contributed by atoms with E-state index in [0.717, 1.165) is 11.4 Å². The number of nitrogens with one attached hydrogen (secondary N) is 1. The number of carbonyl (C=O) groups is 1. The molecule has 0 fully saturated rings. The first-order valence-corrected chi connectivity index (χ1v) is 7.29. The van der Waals surface area contributed by atoms with Crippen LogP contribution in [0.5, 0.6) is 0 Å². The van der Waals surface area contributed by atoms with Crippen molar-refractivity contribution >= 4 is 29.2 Å².